The first-order valence-corrected chi connectivity index (χ1v) is 17.2. The van der Waals surface area contributed by atoms with Gasteiger partial charge in [0.1, 0.15) is 17.1 Å². The monoisotopic (exact) mass is 1560 g/mol. The quantitative estimate of drug-likeness (QED) is 0.203. The van der Waals surface area contributed by atoms with Crippen molar-refractivity contribution >= 4 is 131 Å². The Morgan fingerprint density at radius 1 is 0.561 bits per heavy atom. The summed E-state index contributed by atoms with van der Waals surface area (Å²) in [4.78, 5) is 64.8. The molecule has 0 aromatic carbocycles. The number of hydrogen-bond donors (Lipinski definition) is 0. The SMILES string of the molecule is C.C.C.C.C.C.C.CC(=O)[O-].CC(=O)[O-].CC(=O)[O-].CSCn1c(=O)[n-]c(=O)[n-]c1=O.C[S-].C[S-].C[S-].C[S-].C[S-].[CH2-]C.[Rb+].[Rb+].[Rb+].[Rb+].[Rb+].[Rb+].[Rb+].[Rb+].[S-]CC([S-])C[S-]. The van der Waals surface area contributed by atoms with Gasteiger partial charge in [-0.2, -0.15) is 61.5 Å². The van der Waals surface area contributed by atoms with Crippen LogP contribution in [0.3, 0.4) is 0 Å². The normalized spacial score (nSPS) is 5.12. The van der Waals surface area contributed by atoms with Crippen LogP contribution in [-0.2, 0) is 121 Å². The first-order chi connectivity index (χ1) is 19.7. The van der Waals surface area contributed by atoms with Gasteiger partial charge in [0, 0.05) is 17.9 Å². The third kappa shape index (κ3) is 235. The Bertz CT molecular complexity index is 758. The van der Waals surface area contributed by atoms with Gasteiger partial charge in [-0.25, -0.2) is 5.25 Å². The Labute approximate surface area is 793 Å². The second-order valence-corrected chi connectivity index (χ2v) is 6.52. The summed E-state index contributed by atoms with van der Waals surface area (Å²) in [5.41, 5.74) is -2.70. The van der Waals surface area contributed by atoms with E-state index in [0.29, 0.717) is 11.5 Å². The number of carbonyl (C=O) groups is 3. The zero-order valence-corrected chi connectivity index (χ0v) is 79.8. The Kier molecular flexibility index (Phi) is 496. The molecule has 316 valence electrons. The third-order valence-corrected chi connectivity index (χ3v) is 3.55. The number of rotatable bonds is 4. The molecule has 1 rings (SSSR count). The van der Waals surface area contributed by atoms with Crippen LogP contribution in [0.15, 0.2) is 14.4 Å². The summed E-state index contributed by atoms with van der Waals surface area (Å²) in [6, 6.07) is 0. The average molecular weight is 1560 g/mol. The van der Waals surface area contributed by atoms with E-state index >= 15 is 0 Å². The minimum atomic E-state index is -1.08. The van der Waals surface area contributed by atoms with Crippen molar-refractivity contribution in [3.05, 3.63) is 38.4 Å². The van der Waals surface area contributed by atoms with Gasteiger partial charge < -0.3 is 167 Å². The van der Waals surface area contributed by atoms with Gasteiger partial charge in [-0.15, -0.1) is 0 Å². The Morgan fingerprint density at radius 2 is 0.702 bits per heavy atom. The van der Waals surface area contributed by atoms with E-state index in [9.17, 15) is 14.4 Å². The smallest absolute Gasteiger partial charge is 0.796 e. The van der Waals surface area contributed by atoms with Crippen molar-refractivity contribution in [2.24, 2.45) is 0 Å². The minimum Gasteiger partial charge on any atom is -0.796 e. The van der Waals surface area contributed by atoms with E-state index in [1.807, 2.05) is 0 Å². The number of carbonyl (C=O) groups excluding carboxylic acids is 3. The van der Waals surface area contributed by atoms with Gasteiger partial charge in [-0.1, -0.05) is 52.0 Å². The number of nitrogens with zero attached hydrogens (tertiary/aromatic N) is 3. The molecule has 0 fully saturated rings. The fourth-order valence-corrected chi connectivity index (χ4v) is 1.54. The van der Waals surface area contributed by atoms with Crippen LogP contribution in [0.4, 0.5) is 0 Å². The summed E-state index contributed by atoms with van der Waals surface area (Å²) >= 11 is 35.6. The second-order valence-electron chi connectivity index (χ2n) is 4.35. The zero-order chi connectivity index (χ0) is 36.9. The maximum atomic E-state index is 10.8. The summed E-state index contributed by atoms with van der Waals surface area (Å²) in [6.45, 7) is 7.92. The molecular formula is C28H67N3O9Rb8S9-6. The molecule has 0 saturated carbocycles. The number of hydrogen-bond acceptors (Lipinski definition) is 18. The van der Waals surface area contributed by atoms with Gasteiger partial charge in [0.25, 0.3) is 0 Å². The van der Waals surface area contributed by atoms with Crippen LogP contribution < -0.4 is 508 Å². The predicted octanol–water partition coefficient (Wildman–Crippen LogP) is -23.8. The largest absolute Gasteiger partial charge is 1.00 e. The van der Waals surface area contributed by atoms with E-state index in [1.165, 1.54) is 11.8 Å². The molecule has 29 heteroatoms. The number of carboxylic acids is 3. The van der Waals surface area contributed by atoms with E-state index in [1.54, 1.807) is 44.5 Å². The molecular weight excluding hydrogens is 1490 g/mol. The molecule has 0 bridgehead atoms. The van der Waals surface area contributed by atoms with Gasteiger partial charge in [-0.3, -0.25) is 0 Å². The second kappa shape index (κ2) is 172. The summed E-state index contributed by atoms with van der Waals surface area (Å²) in [5.74, 6) is -1.84. The van der Waals surface area contributed by atoms with Crippen LogP contribution in [0.5, 0.6) is 0 Å². The number of aliphatic carboxylic acids is 3. The fraction of sp³-hybridized carbons (Fsp3) is 0.750. The number of thioether (sulfide) groups is 1. The zero-order valence-electron chi connectivity index (χ0n) is 33.1. The first-order valence-electron chi connectivity index (χ1n) is 10.1. The van der Waals surface area contributed by atoms with Crippen LogP contribution in [0.25, 0.3) is 0 Å². The topological polar surface area (TPSA) is 205 Å². The molecule has 0 aliphatic rings. The standard InChI is InChI=1S/C5H7N3O3S.C3H8S3.3C2H4O2.C2H5.5CH4S.7CH4.8Rb/c1-12-2-8-4(10)6-3(9)7-5(8)11;4-1-3(6)2-5;3*1-2(3)4;6*1-2;;;;;;;;;;;;;;;/h2H2,1H3,(H2,6,7,9,10,11);3-6H,1-2H2;3*1H3,(H,3,4);1H2,2H3;5*2H,1H3;7*1H4;;;;;;;;/q;;;;;-1;;;;;;;;;;;;;8*+1/p-13. The minimum absolute atomic E-state index is 0. The van der Waals surface area contributed by atoms with E-state index in [0.717, 1.165) is 25.3 Å². The van der Waals surface area contributed by atoms with Crippen molar-refractivity contribution in [1.29, 1.82) is 0 Å². The maximum absolute atomic E-state index is 10.8. The number of carboxylic acid groups (broad SMARTS) is 3. The third-order valence-electron chi connectivity index (χ3n) is 1.47. The average Bonchev–Trinajstić information content (AvgIpc) is 2.96. The van der Waals surface area contributed by atoms with Crippen LogP contribution in [0.2, 0.25) is 0 Å². The maximum Gasteiger partial charge on any atom is 1.00 e. The number of aromatic nitrogens is 3. The van der Waals surface area contributed by atoms with Crippen molar-refractivity contribution in [1.82, 2.24) is 14.5 Å². The Morgan fingerprint density at radius 3 is 0.789 bits per heavy atom. The summed E-state index contributed by atoms with van der Waals surface area (Å²) in [7, 11) is 0. The van der Waals surface area contributed by atoms with Crippen molar-refractivity contribution in [3.63, 3.8) is 0 Å². The molecule has 0 spiro atoms. The van der Waals surface area contributed by atoms with Crippen molar-refractivity contribution in [2.75, 3.05) is 49.0 Å². The van der Waals surface area contributed by atoms with Gasteiger partial charge >= 0.3 is 465 Å². The Balaban J connectivity index is -0.00000000895. The summed E-state index contributed by atoms with van der Waals surface area (Å²) in [5, 5.41) is 26.8. The molecule has 12 nitrogen and oxygen atoms in total. The van der Waals surface area contributed by atoms with Crippen LogP contribution in [0.1, 0.15) is 79.7 Å². The van der Waals surface area contributed by atoms with Crippen LogP contribution in [0, 0.1) is 6.92 Å². The van der Waals surface area contributed by atoms with Gasteiger partial charge in [0.05, 0.1) is 0 Å². The molecule has 0 unspecified atom stereocenters. The molecule has 0 N–H and O–H groups in total. The van der Waals surface area contributed by atoms with Crippen molar-refractivity contribution < 1.29 is 495 Å². The predicted molar refractivity (Wildman–Crippen MR) is 236 cm³/mol. The molecule has 0 amide bonds. The molecule has 1 aromatic rings. The molecule has 0 radical (unpaired) electrons. The molecule has 57 heavy (non-hydrogen) atoms. The summed E-state index contributed by atoms with van der Waals surface area (Å²) in [6.07, 6.45) is 9.64. The van der Waals surface area contributed by atoms with E-state index in [-0.39, 0.29) is 529 Å². The van der Waals surface area contributed by atoms with Gasteiger partial charge in [0.2, 0.25) is 0 Å². The van der Waals surface area contributed by atoms with E-state index < -0.39 is 35.0 Å². The molecule has 0 aliphatic heterocycles. The molecule has 1 heterocycles. The van der Waals surface area contributed by atoms with E-state index in [2.05, 4.69) is 105 Å². The molecule has 0 aliphatic carbocycles. The fourth-order valence-electron chi connectivity index (χ4n) is 0.679. The van der Waals surface area contributed by atoms with E-state index in [4.69, 9.17) is 42.3 Å². The molecule has 1 aromatic heterocycles. The molecule has 0 atom stereocenters. The van der Waals surface area contributed by atoms with Crippen LogP contribution >= 0.6 is 11.8 Å². The van der Waals surface area contributed by atoms with Crippen molar-refractivity contribution in [2.45, 2.75) is 90.8 Å². The first kappa shape index (κ1) is 164. The Hall–Kier alpha value is 14.4. The molecule has 0 saturated heterocycles. The van der Waals surface area contributed by atoms with Gasteiger partial charge in [-0.05, 0) is 32.9 Å². The van der Waals surface area contributed by atoms with Gasteiger partial charge in [0.15, 0.2) is 0 Å². The summed E-state index contributed by atoms with van der Waals surface area (Å²) < 4.78 is 0.798. The van der Waals surface area contributed by atoms with Crippen LogP contribution in [-0.4, -0.2) is 76.8 Å². The van der Waals surface area contributed by atoms with Crippen molar-refractivity contribution in [3.8, 4) is 0 Å².